The Hall–Kier alpha value is -1.75. The molecule has 1 rings (SSSR count). The fourth-order valence-electron chi connectivity index (χ4n) is 1.93. The third-order valence-corrected chi connectivity index (χ3v) is 3.33. The van der Waals surface area contributed by atoms with Gasteiger partial charge in [-0.15, -0.1) is 0 Å². The predicted octanol–water partition coefficient (Wildman–Crippen LogP) is 2.40. The summed E-state index contributed by atoms with van der Waals surface area (Å²) in [6.07, 6.45) is 1.48. The molecular weight excluding hydrogens is 270 g/mol. The van der Waals surface area contributed by atoms with Crippen molar-refractivity contribution in [2.24, 2.45) is 0 Å². The highest BCUT2D eigenvalue weighted by atomic mass is 16.5. The summed E-state index contributed by atoms with van der Waals surface area (Å²) in [4.78, 5) is 11.9. The molecule has 118 valence electrons. The zero-order chi connectivity index (χ0) is 15.7. The summed E-state index contributed by atoms with van der Waals surface area (Å²) in [7, 11) is 3.02. The van der Waals surface area contributed by atoms with Crippen molar-refractivity contribution >= 4 is 5.97 Å². The van der Waals surface area contributed by atoms with Crippen LogP contribution < -0.4 is 14.8 Å². The van der Waals surface area contributed by atoms with Crippen molar-refractivity contribution < 1.29 is 19.0 Å². The normalized spacial score (nSPS) is 13.3. The van der Waals surface area contributed by atoms with E-state index in [1.807, 2.05) is 31.2 Å². The van der Waals surface area contributed by atoms with Gasteiger partial charge in [0.15, 0.2) is 0 Å². The molecule has 0 aromatic heterocycles. The van der Waals surface area contributed by atoms with Crippen molar-refractivity contribution in [1.82, 2.24) is 5.32 Å². The highest BCUT2D eigenvalue weighted by Gasteiger charge is 2.33. The molecule has 1 unspecified atom stereocenters. The van der Waals surface area contributed by atoms with Crippen LogP contribution in [0.1, 0.15) is 26.7 Å². The van der Waals surface area contributed by atoms with Gasteiger partial charge in [-0.3, -0.25) is 4.79 Å². The van der Waals surface area contributed by atoms with Gasteiger partial charge in [-0.2, -0.15) is 0 Å². The number of carbonyl (C=O) groups is 1. The monoisotopic (exact) mass is 295 g/mol. The highest BCUT2D eigenvalue weighted by molar-refractivity contribution is 5.80. The minimum Gasteiger partial charge on any atom is -0.497 e. The summed E-state index contributed by atoms with van der Waals surface area (Å²) in [5.74, 6) is 1.26. The zero-order valence-electron chi connectivity index (χ0n) is 13.3. The molecule has 1 aromatic rings. The van der Waals surface area contributed by atoms with Crippen LogP contribution in [-0.2, 0) is 9.53 Å². The Morgan fingerprint density at radius 1 is 1.19 bits per heavy atom. The molecule has 0 aliphatic carbocycles. The van der Waals surface area contributed by atoms with E-state index in [0.717, 1.165) is 24.5 Å². The van der Waals surface area contributed by atoms with Crippen molar-refractivity contribution in [2.75, 3.05) is 27.4 Å². The van der Waals surface area contributed by atoms with Crippen LogP contribution in [0.2, 0.25) is 0 Å². The number of ether oxygens (including phenoxy) is 3. The molecule has 0 saturated heterocycles. The maximum absolute atomic E-state index is 11.9. The summed E-state index contributed by atoms with van der Waals surface area (Å²) >= 11 is 0. The molecule has 0 aliphatic rings. The van der Waals surface area contributed by atoms with Crippen LogP contribution in [0.4, 0.5) is 0 Å². The molecule has 0 heterocycles. The Kier molecular flexibility index (Phi) is 7.02. The molecule has 0 saturated carbocycles. The predicted molar refractivity (Wildman–Crippen MR) is 81.8 cm³/mol. The Bertz CT molecular complexity index is 432. The first-order chi connectivity index (χ1) is 10.1. The van der Waals surface area contributed by atoms with Crippen molar-refractivity contribution in [1.29, 1.82) is 0 Å². The van der Waals surface area contributed by atoms with Gasteiger partial charge in [0.05, 0.1) is 20.8 Å². The minimum absolute atomic E-state index is 0.269. The van der Waals surface area contributed by atoms with Gasteiger partial charge in [0.2, 0.25) is 0 Å². The summed E-state index contributed by atoms with van der Waals surface area (Å²) in [6.45, 7) is 5.08. The first-order valence-corrected chi connectivity index (χ1v) is 7.16. The smallest absolute Gasteiger partial charge is 0.325 e. The van der Waals surface area contributed by atoms with Gasteiger partial charge >= 0.3 is 5.97 Å². The lowest BCUT2D eigenvalue weighted by Gasteiger charge is -2.27. The number of methoxy groups -OCH3 is 2. The molecule has 1 N–H and O–H groups in total. The van der Waals surface area contributed by atoms with Gasteiger partial charge < -0.3 is 19.5 Å². The van der Waals surface area contributed by atoms with Crippen LogP contribution >= 0.6 is 0 Å². The molecule has 5 nitrogen and oxygen atoms in total. The molecule has 0 radical (unpaired) electrons. The molecule has 0 amide bonds. The molecule has 0 fully saturated rings. The first-order valence-electron chi connectivity index (χ1n) is 7.16. The van der Waals surface area contributed by atoms with Gasteiger partial charge in [-0.05, 0) is 44.2 Å². The lowest BCUT2D eigenvalue weighted by molar-refractivity contribution is -0.148. The number of benzene rings is 1. The SMILES string of the molecule is CCCNC(C)(CCOc1ccc(OC)cc1)C(=O)OC. The fraction of sp³-hybridized carbons (Fsp3) is 0.562. The van der Waals surface area contributed by atoms with E-state index in [1.165, 1.54) is 7.11 Å². The second kappa shape index (κ2) is 8.52. The molecule has 1 aromatic carbocycles. The Labute approximate surface area is 126 Å². The van der Waals surface area contributed by atoms with Crippen LogP contribution in [0.3, 0.4) is 0 Å². The van der Waals surface area contributed by atoms with Crippen LogP contribution in [-0.4, -0.2) is 38.9 Å². The Balaban J connectivity index is 2.53. The van der Waals surface area contributed by atoms with E-state index in [0.29, 0.717) is 13.0 Å². The second-order valence-electron chi connectivity index (χ2n) is 5.02. The molecular formula is C16H25NO4. The molecule has 5 heteroatoms. The third-order valence-electron chi connectivity index (χ3n) is 3.33. The molecule has 0 spiro atoms. The van der Waals surface area contributed by atoms with E-state index in [1.54, 1.807) is 7.11 Å². The topological polar surface area (TPSA) is 56.8 Å². The quantitative estimate of drug-likeness (QED) is 0.709. The van der Waals surface area contributed by atoms with E-state index in [4.69, 9.17) is 14.2 Å². The number of hydrogen-bond acceptors (Lipinski definition) is 5. The average Bonchev–Trinajstić information content (AvgIpc) is 2.52. The highest BCUT2D eigenvalue weighted by Crippen LogP contribution is 2.19. The van der Waals surface area contributed by atoms with E-state index in [2.05, 4.69) is 12.2 Å². The summed E-state index contributed by atoms with van der Waals surface area (Å²) in [6, 6.07) is 7.36. The van der Waals surface area contributed by atoms with Crippen molar-refractivity contribution in [3.8, 4) is 11.5 Å². The third kappa shape index (κ3) is 5.27. The number of rotatable bonds is 9. The maximum atomic E-state index is 11.9. The van der Waals surface area contributed by atoms with Gasteiger partial charge in [-0.25, -0.2) is 0 Å². The summed E-state index contributed by atoms with van der Waals surface area (Å²) in [5, 5.41) is 3.23. The van der Waals surface area contributed by atoms with E-state index < -0.39 is 5.54 Å². The molecule has 0 bridgehead atoms. The Morgan fingerprint density at radius 3 is 2.33 bits per heavy atom. The van der Waals surface area contributed by atoms with Crippen LogP contribution in [0, 0.1) is 0 Å². The lowest BCUT2D eigenvalue weighted by atomic mass is 9.98. The van der Waals surface area contributed by atoms with Crippen molar-refractivity contribution in [2.45, 2.75) is 32.2 Å². The first kappa shape index (κ1) is 17.3. The van der Waals surface area contributed by atoms with Crippen molar-refractivity contribution in [3.63, 3.8) is 0 Å². The summed E-state index contributed by atoms with van der Waals surface area (Å²) < 4.78 is 15.6. The largest absolute Gasteiger partial charge is 0.497 e. The van der Waals surface area contributed by atoms with Gasteiger partial charge in [0, 0.05) is 6.42 Å². The Morgan fingerprint density at radius 2 is 1.81 bits per heavy atom. The van der Waals surface area contributed by atoms with Crippen LogP contribution in [0.15, 0.2) is 24.3 Å². The van der Waals surface area contributed by atoms with E-state index in [-0.39, 0.29) is 5.97 Å². The standard InChI is InChI=1S/C16H25NO4/c1-5-11-17-16(2,15(18)20-4)10-12-21-14-8-6-13(19-3)7-9-14/h6-9,17H,5,10-12H2,1-4H3. The molecule has 0 aliphatic heterocycles. The average molecular weight is 295 g/mol. The van der Waals surface area contributed by atoms with Crippen LogP contribution in [0.5, 0.6) is 11.5 Å². The fourth-order valence-corrected chi connectivity index (χ4v) is 1.93. The summed E-state index contributed by atoms with van der Waals surface area (Å²) in [5.41, 5.74) is -0.725. The molecule has 21 heavy (non-hydrogen) atoms. The van der Waals surface area contributed by atoms with Crippen LogP contribution in [0.25, 0.3) is 0 Å². The lowest BCUT2D eigenvalue weighted by Crippen LogP contribution is -2.51. The number of carbonyl (C=O) groups excluding carboxylic acids is 1. The van der Waals surface area contributed by atoms with E-state index in [9.17, 15) is 4.79 Å². The second-order valence-corrected chi connectivity index (χ2v) is 5.02. The van der Waals surface area contributed by atoms with Gasteiger partial charge in [-0.1, -0.05) is 6.92 Å². The van der Waals surface area contributed by atoms with Gasteiger partial charge in [0.1, 0.15) is 17.0 Å². The maximum Gasteiger partial charge on any atom is 0.325 e. The molecule has 1 atom stereocenters. The minimum atomic E-state index is -0.725. The number of esters is 1. The number of hydrogen-bond donors (Lipinski definition) is 1. The van der Waals surface area contributed by atoms with Gasteiger partial charge in [0.25, 0.3) is 0 Å². The van der Waals surface area contributed by atoms with Crippen molar-refractivity contribution in [3.05, 3.63) is 24.3 Å². The van der Waals surface area contributed by atoms with E-state index >= 15 is 0 Å². The number of nitrogens with one attached hydrogen (secondary N) is 1. The zero-order valence-corrected chi connectivity index (χ0v) is 13.3.